The zero-order valence-electron chi connectivity index (χ0n) is 8.08. The van der Waals surface area contributed by atoms with Gasteiger partial charge in [0, 0.05) is 27.1 Å². The van der Waals surface area contributed by atoms with E-state index in [0.29, 0.717) is 12.7 Å². The highest BCUT2D eigenvalue weighted by Gasteiger charge is 2.15. The largest absolute Gasteiger partial charge is 0.481 e. The Morgan fingerprint density at radius 2 is 2.08 bits per heavy atom. The monoisotopic (exact) mass is 191 g/mol. The molecule has 0 aromatic rings. The highest BCUT2D eigenvalue weighted by molar-refractivity contribution is 5.62. The van der Waals surface area contributed by atoms with Gasteiger partial charge in [0.25, 0.3) is 5.97 Å². The minimum absolute atomic E-state index is 0.445. The molecule has 13 heavy (non-hydrogen) atoms. The Hall–Kier alpha value is -0.650. The van der Waals surface area contributed by atoms with E-state index >= 15 is 0 Å². The van der Waals surface area contributed by atoms with E-state index in [1.54, 1.807) is 7.11 Å². The number of carbonyl (C=O) groups is 1. The van der Waals surface area contributed by atoms with Crippen LogP contribution in [0.25, 0.3) is 0 Å². The van der Waals surface area contributed by atoms with E-state index in [0.717, 1.165) is 26.6 Å². The molecule has 1 rings (SSSR count). The van der Waals surface area contributed by atoms with Crippen LogP contribution < -0.4 is 5.32 Å². The third-order valence-electron chi connectivity index (χ3n) is 1.39. The zero-order valence-corrected chi connectivity index (χ0v) is 8.08. The molecule has 1 heterocycles. The van der Waals surface area contributed by atoms with Gasteiger partial charge in [-0.1, -0.05) is 0 Å². The molecule has 0 aromatic heterocycles. The average molecular weight is 191 g/mol. The van der Waals surface area contributed by atoms with Gasteiger partial charge in [-0.2, -0.15) is 0 Å². The SMILES string of the molecule is CC(=O)O.COCCOC1CNC1. The second kappa shape index (κ2) is 7.97. The minimum Gasteiger partial charge on any atom is -0.481 e. The van der Waals surface area contributed by atoms with Gasteiger partial charge >= 0.3 is 0 Å². The maximum Gasteiger partial charge on any atom is 0.300 e. The van der Waals surface area contributed by atoms with Crippen molar-refractivity contribution < 1.29 is 19.4 Å². The summed E-state index contributed by atoms with van der Waals surface area (Å²) in [7, 11) is 1.68. The highest BCUT2D eigenvalue weighted by Crippen LogP contribution is 1.96. The Morgan fingerprint density at radius 3 is 2.38 bits per heavy atom. The van der Waals surface area contributed by atoms with Gasteiger partial charge in [0.15, 0.2) is 0 Å². The Bertz CT molecular complexity index is 132. The maximum atomic E-state index is 9.00. The molecule has 1 aliphatic heterocycles. The molecular weight excluding hydrogens is 174 g/mol. The van der Waals surface area contributed by atoms with E-state index in [4.69, 9.17) is 19.4 Å². The van der Waals surface area contributed by atoms with Gasteiger partial charge in [0.2, 0.25) is 0 Å². The molecule has 0 bridgehead atoms. The van der Waals surface area contributed by atoms with Crippen LogP contribution in [-0.4, -0.2) is 50.6 Å². The molecule has 0 aromatic carbocycles. The van der Waals surface area contributed by atoms with Gasteiger partial charge < -0.3 is 19.9 Å². The normalized spacial score (nSPS) is 15.5. The number of ether oxygens (including phenoxy) is 2. The third-order valence-corrected chi connectivity index (χ3v) is 1.39. The number of rotatable bonds is 4. The van der Waals surface area contributed by atoms with Crippen LogP contribution in [0, 0.1) is 0 Å². The molecule has 1 saturated heterocycles. The molecule has 0 saturated carbocycles. The van der Waals surface area contributed by atoms with E-state index < -0.39 is 5.97 Å². The van der Waals surface area contributed by atoms with Crippen molar-refractivity contribution in [3.8, 4) is 0 Å². The number of aliphatic carboxylic acids is 1. The molecule has 0 atom stereocenters. The Morgan fingerprint density at radius 1 is 1.54 bits per heavy atom. The summed E-state index contributed by atoms with van der Waals surface area (Å²) in [5, 5.41) is 10.5. The first-order valence-electron chi connectivity index (χ1n) is 4.17. The molecule has 5 heteroatoms. The first-order valence-corrected chi connectivity index (χ1v) is 4.17. The molecule has 0 radical (unpaired) electrons. The number of nitrogens with one attached hydrogen (secondary N) is 1. The molecule has 1 fully saturated rings. The molecule has 5 nitrogen and oxygen atoms in total. The molecule has 0 amide bonds. The van der Waals surface area contributed by atoms with Crippen molar-refractivity contribution in [1.29, 1.82) is 0 Å². The number of methoxy groups -OCH3 is 1. The predicted molar refractivity (Wildman–Crippen MR) is 47.8 cm³/mol. The first kappa shape index (κ1) is 12.3. The molecule has 1 aliphatic rings. The first-order chi connectivity index (χ1) is 6.16. The molecule has 0 unspecified atom stereocenters. The number of carboxylic acids is 1. The third kappa shape index (κ3) is 9.26. The molecular formula is C8H17NO4. The summed E-state index contributed by atoms with van der Waals surface area (Å²) in [6, 6.07) is 0. The van der Waals surface area contributed by atoms with Gasteiger partial charge in [-0.05, 0) is 0 Å². The van der Waals surface area contributed by atoms with Crippen LogP contribution in [0.2, 0.25) is 0 Å². The predicted octanol–water partition coefficient (Wildman–Crippen LogP) is -0.288. The zero-order chi connectivity index (χ0) is 10.1. The Balaban J connectivity index is 0.000000310. The lowest BCUT2D eigenvalue weighted by molar-refractivity contribution is -0.134. The standard InChI is InChI=1S/C6H13NO2.C2H4O2/c1-8-2-3-9-6-4-7-5-6;1-2(3)4/h6-7H,2-5H2,1H3;1H3,(H,3,4). The van der Waals surface area contributed by atoms with E-state index in [1.807, 2.05) is 0 Å². The van der Waals surface area contributed by atoms with Gasteiger partial charge in [-0.25, -0.2) is 0 Å². The van der Waals surface area contributed by atoms with E-state index in [1.165, 1.54) is 0 Å². The maximum absolute atomic E-state index is 9.00. The number of carboxylic acid groups (broad SMARTS) is 1. The fraction of sp³-hybridized carbons (Fsp3) is 0.875. The molecule has 0 spiro atoms. The van der Waals surface area contributed by atoms with Gasteiger partial charge in [0.05, 0.1) is 19.3 Å². The Labute approximate surface area is 78.0 Å². The van der Waals surface area contributed by atoms with Crippen molar-refractivity contribution in [2.45, 2.75) is 13.0 Å². The summed E-state index contributed by atoms with van der Waals surface area (Å²) >= 11 is 0. The molecule has 78 valence electrons. The smallest absolute Gasteiger partial charge is 0.300 e. The lowest BCUT2D eigenvalue weighted by Crippen LogP contribution is -2.48. The summed E-state index contributed by atoms with van der Waals surface area (Å²) < 4.78 is 10.1. The van der Waals surface area contributed by atoms with Crippen LogP contribution in [0.4, 0.5) is 0 Å². The van der Waals surface area contributed by atoms with Crippen LogP contribution in [0.5, 0.6) is 0 Å². The molecule has 2 N–H and O–H groups in total. The summed E-state index contributed by atoms with van der Waals surface area (Å²) in [6.07, 6.45) is 0.445. The lowest BCUT2D eigenvalue weighted by Gasteiger charge is -2.26. The minimum atomic E-state index is -0.833. The lowest BCUT2D eigenvalue weighted by atomic mass is 10.2. The van der Waals surface area contributed by atoms with Crippen molar-refractivity contribution in [2.75, 3.05) is 33.4 Å². The highest BCUT2D eigenvalue weighted by atomic mass is 16.5. The summed E-state index contributed by atoms with van der Waals surface area (Å²) in [5.41, 5.74) is 0. The van der Waals surface area contributed by atoms with Crippen LogP contribution in [0.15, 0.2) is 0 Å². The summed E-state index contributed by atoms with van der Waals surface area (Å²) in [5.74, 6) is -0.833. The topological polar surface area (TPSA) is 67.8 Å². The second-order valence-electron chi connectivity index (χ2n) is 2.66. The number of hydrogen-bond acceptors (Lipinski definition) is 4. The van der Waals surface area contributed by atoms with Crippen molar-refractivity contribution in [1.82, 2.24) is 5.32 Å². The van der Waals surface area contributed by atoms with Crippen molar-refractivity contribution in [2.24, 2.45) is 0 Å². The Kier molecular flexibility index (Phi) is 7.57. The van der Waals surface area contributed by atoms with Crippen LogP contribution in [0.1, 0.15) is 6.92 Å². The fourth-order valence-corrected chi connectivity index (χ4v) is 0.678. The van der Waals surface area contributed by atoms with E-state index in [9.17, 15) is 0 Å². The van der Waals surface area contributed by atoms with Gasteiger partial charge in [-0.3, -0.25) is 4.79 Å². The summed E-state index contributed by atoms with van der Waals surface area (Å²) in [6.45, 7) is 4.52. The van der Waals surface area contributed by atoms with Crippen molar-refractivity contribution >= 4 is 5.97 Å². The quantitative estimate of drug-likeness (QED) is 0.598. The van der Waals surface area contributed by atoms with E-state index in [-0.39, 0.29) is 0 Å². The van der Waals surface area contributed by atoms with Crippen molar-refractivity contribution in [3.05, 3.63) is 0 Å². The van der Waals surface area contributed by atoms with Gasteiger partial charge in [-0.15, -0.1) is 0 Å². The average Bonchev–Trinajstić information content (AvgIpc) is 1.93. The van der Waals surface area contributed by atoms with E-state index in [2.05, 4.69) is 5.32 Å². The van der Waals surface area contributed by atoms with Crippen LogP contribution >= 0.6 is 0 Å². The second-order valence-corrected chi connectivity index (χ2v) is 2.66. The number of hydrogen-bond donors (Lipinski definition) is 2. The van der Waals surface area contributed by atoms with Crippen LogP contribution in [0.3, 0.4) is 0 Å². The summed E-state index contributed by atoms with van der Waals surface area (Å²) in [4.78, 5) is 9.00. The van der Waals surface area contributed by atoms with Crippen LogP contribution in [-0.2, 0) is 14.3 Å². The van der Waals surface area contributed by atoms with Crippen molar-refractivity contribution in [3.63, 3.8) is 0 Å². The molecule has 0 aliphatic carbocycles. The van der Waals surface area contributed by atoms with Gasteiger partial charge in [0.1, 0.15) is 0 Å². The fourth-order valence-electron chi connectivity index (χ4n) is 0.678.